The van der Waals surface area contributed by atoms with Crippen LogP contribution < -0.4 is 9.47 Å². The van der Waals surface area contributed by atoms with Gasteiger partial charge in [-0.3, -0.25) is 14.5 Å². The molecule has 0 unspecified atom stereocenters. The minimum absolute atomic E-state index is 0.0818. The van der Waals surface area contributed by atoms with Crippen molar-refractivity contribution < 1.29 is 24.2 Å². The summed E-state index contributed by atoms with van der Waals surface area (Å²) in [4.78, 5) is 24.7. The van der Waals surface area contributed by atoms with E-state index in [2.05, 4.69) is 0 Å². The van der Waals surface area contributed by atoms with E-state index in [9.17, 15) is 9.59 Å². The smallest absolute Gasteiger partial charge is 0.305 e. The van der Waals surface area contributed by atoms with Crippen LogP contribution in [0.4, 0.5) is 0 Å². The van der Waals surface area contributed by atoms with Crippen molar-refractivity contribution >= 4 is 46.3 Å². The lowest BCUT2D eigenvalue weighted by Crippen LogP contribution is -2.30. The molecule has 8 heteroatoms. The molecule has 1 fully saturated rings. The maximum Gasteiger partial charge on any atom is 0.305 e. The number of thioether (sulfide) groups is 1. The summed E-state index contributed by atoms with van der Waals surface area (Å²) < 4.78 is 10.9. The molecular weight excluding hydrogens is 326 g/mol. The van der Waals surface area contributed by atoms with Gasteiger partial charge in [0.25, 0.3) is 5.91 Å². The first-order valence-electron chi connectivity index (χ1n) is 6.41. The molecule has 0 radical (unpaired) electrons. The Labute approximate surface area is 135 Å². The fourth-order valence-corrected chi connectivity index (χ4v) is 3.36. The first kappa shape index (κ1) is 14.9. The molecule has 0 saturated carbocycles. The quantitative estimate of drug-likeness (QED) is 0.666. The standard InChI is InChI=1S/C14H11NO5S2/c16-12(17)3-4-15-13(18)11(22-14(15)21)6-8-1-2-9-10(5-8)20-7-19-9/h1-2,5-6H,3-4,7H2,(H,16,17). The van der Waals surface area contributed by atoms with E-state index in [1.807, 2.05) is 6.07 Å². The molecule has 2 aliphatic heterocycles. The number of rotatable bonds is 4. The second-order valence-corrected chi connectivity index (χ2v) is 6.27. The minimum Gasteiger partial charge on any atom is -0.481 e. The van der Waals surface area contributed by atoms with E-state index < -0.39 is 5.97 Å². The predicted octanol–water partition coefficient (Wildman–Crippen LogP) is 2.09. The van der Waals surface area contributed by atoms with Crippen molar-refractivity contribution in [1.82, 2.24) is 4.90 Å². The van der Waals surface area contributed by atoms with Gasteiger partial charge in [-0.15, -0.1) is 0 Å². The summed E-state index contributed by atoms with van der Waals surface area (Å²) in [6.45, 7) is 0.272. The van der Waals surface area contributed by atoms with Gasteiger partial charge in [-0.25, -0.2) is 0 Å². The summed E-state index contributed by atoms with van der Waals surface area (Å²) in [5.41, 5.74) is 0.794. The van der Waals surface area contributed by atoms with Crippen molar-refractivity contribution in [2.45, 2.75) is 6.42 Å². The Morgan fingerprint density at radius 3 is 2.95 bits per heavy atom. The Morgan fingerprint density at radius 1 is 1.41 bits per heavy atom. The van der Waals surface area contributed by atoms with Crippen LogP contribution in [0.3, 0.4) is 0 Å². The van der Waals surface area contributed by atoms with Crippen molar-refractivity contribution in [3.05, 3.63) is 28.7 Å². The number of aliphatic carboxylic acids is 1. The van der Waals surface area contributed by atoms with Gasteiger partial charge in [0.1, 0.15) is 4.32 Å². The topological polar surface area (TPSA) is 76.1 Å². The fourth-order valence-electron chi connectivity index (χ4n) is 2.05. The summed E-state index contributed by atoms with van der Waals surface area (Å²) in [7, 11) is 0. The lowest BCUT2D eigenvalue weighted by molar-refractivity contribution is -0.137. The van der Waals surface area contributed by atoms with Gasteiger partial charge in [0.2, 0.25) is 6.79 Å². The molecule has 0 aromatic heterocycles. The normalized spacial score (nSPS) is 18.4. The molecule has 3 rings (SSSR count). The number of nitrogens with zero attached hydrogens (tertiary/aromatic N) is 1. The largest absolute Gasteiger partial charge is 0.481 e. The summed E-state index contributed by atoms with van der Waals surface area (Å²) in [5.74, 6) is 0.0731. The van der Waals surface area contributed by atoms with Gasteiger partial charge in [-0.05, 0) is 23.8 Å². The Bertz CT molecular complexity index is 700. The molecule has 6 nitrogen and oxygen atoms in total. The third-order valence-corrected chi connectivity index (χ3v) is 4.50. The number of carbonyl (C=O) groups is 2. The minimum atomic E-state index is -0.964. The number of hydrogen-bond donors (Lipinski definition) is 1. The van der Waals surface area contributed by atoms with E-state index in [0.29, 0.717) is 20.7 Å². The van der Waals surface area contributed by atoms with Crippen molar-refractivity contribution in [3.63, 3.8) is 0 Å². The summed E-state index contributed by atoms with van der Waals surface area (Å²) in [5, 5.41) is 8.71. The highest BCUT2D eigenvalue weighted by atomic mass is 32.2. The van der Waals surface area contributed by atoms with Crippen molar-refractivity contribution in [3.8, 4) is 11.5 Å². The van der Waals surface area contributed by atoms with E-state index in [-0.39, 0.29) is 25.7 Å². The van der Waals surface area contributed by atoms with Gasteiger partial charge >= 0.3 is 5.97 Å². The monoisotopic (exact) mass is 337 g/mol. The molecule has 114 valence electrons. The summed E-state index contributed by atoms with van der Waals surface area (Å²) in [6.07, 6.45) is 1.58. The number of thiocarbonyl (C=S) groups is 1. The third-order valence-electron chi connectivity index (χ3n) is 3.12. The maximum absolute atomic E-state index is 12.3. The third kappa shape index (κ3) is 2.93. The fraction of sp³-hybridized carbons (Fsp3) is 0.214. The molecule has 1 aromatic carbocycles. The number of carboxylic acid groups (broad SMARTS) is 1. The van der Waals surface area contributed by atoms with Crippen LogP contribution in [0.2, 0.25) is 0 Å². The van der Waals surface area contributed by atoms with Gasteiger partial charge in [0, 0.05) is 6.54 Å². The zero-order valence-electron chi connectivity index (χ0n) is 11.3. The highest BCUT2D eigenvalue weighted by Crippen LogP contribution is 2.36. The molecule has 1 N–H and O–H groups in total. The Hall–Kier alpha value is -2.06. The molecule has 1 saturated heterocycles. The number of amides is 1. The second kappa shape index (κ2) is 5.98. The van der Waals surface area contributed by atoms with E-state index in [4.69, 9.17) is 26.8 Å². The van der Waals surface area contributed by atoms with Crippen LogP contribution in [0.25, 0.3) is 6.08 Å². The number of carboxylic acids is 1. The van der Waals surface area contributed by atoms with Crippen LogP contribution in [0.1, 0.15) is 12.0 Å². The Balaban J connectivity index is 1.79. The predicted molar refractivity (Wildman–Crippen MR) is 84.7 cm³/mol. The van der Waals surface area contributed by atoms with Crippen molar-refractivity contribution in [2.75, 3.05) is 13.3 Å². The molecule has 0 atom stereocenters. The molecule has 1 aromatic rings. The van der Waals surface area contributed by atoms with Crippen LogP contribution in [-0.2, 0) is 9.59 Å². The van der Waals surface area contributed by atoms with Gasteiger partial charge < -0.3 is 14.6 Å². The SMILES string of the molecule is O=C(O)CCN1C(=O)C(=Cc2ccc3c(c2)OCO3)SC1=S. The van der Waals surface area contributed by atoms with Gasteiger partial charge in [0.05, 0.1) is 11.3 Å². The first-order chi connectivity index (χ1) is 10.5. The highest BCUT2D eigenvalue weighted by molar-refractivity contribution is 8.26. The number of ether oxygens (including phenoxy) is 2. The van der Waals surface area contributed by atoms with Gasteiger partial charge in [-0.2, -0.15) is 0 Å². The van der Waals surface area contributed by atoms with Crippen molar-refractivity contribution in [1.29, 1.82) is 0 Å². The van der Waals surface area contributed by atoms with Gasteiger partial charge in [0.15, 0.2) is 11.5 Å². The zero-order chi connectivity index (χ0) is 15.7. The molecule has 0 bridgehead atoms. The van der Waals surface area contributed by atoms with E-state index >= 15 is 0 Å². The highest BCUT2D eigenvalue weighted by Gasteiger charge is 2.32. The van der Waals surface area contributed by atoms with Crippen LogP contribution in [0, 0.1) is 0 Å². The molecule has 1 amide bonds. The first-order valence-corrected chi connectivity index (χ1v) is 7.64. The number of fused-ring (bicyclic) bond motifs is 1. The Kier molecular flexibility index (Phi) is 4.04. The van der Waals surface area contributed by atoms with Crippen LogP contribution in [0.15, 0.2) is 23.1 Å². The molecular formula is C14H11NO5S2. The number of benzene rings is 1. The Morgan fingerprint density at radius 2 is 2.18 bits per heavy atom. The van der Waals surface area contributed by atoms with Crippen LogP contribution in [-0.4, -0.2) is 39.5 Å². The summed E-state index contributed by atoms with van der Waals surface area (Å²) in [6, 6.07) is 5.38. The zero-order valence-corrected chi connectivity index (χ0v) is 12.9. The average molecular weight is 337 g/mol. The molecule has 0 spiro atoms. The van der Waals surface area contributed by atoms with Gasteiger partial charge in [-0.1, -0.05) is 30.0 Å². The average Bonchev–Trinajstić information content (AvgIpc) is 3.02. The molecule has 2 heterocycles. The number of hydrogen-bond acceptors (Lipinski definition) is 6. The maximum atomic E-state index is 12.3. The van der Waals surface area contributed by atoms with E-state index in [1.54, 1.807) is 18.2 Å². The van der Waals surface area contributed by atoms with Crippen molar-refractivity contribution in [2.24, 2.45) is 0 Å². The lowest BCUT2D eigenvalue weighted by Gasteiger charge is -2.12. The van der Waals surface area contributed by atoms with E-state index in [1.165, 1.54) is 16.7 Å². The number of carbonyl (C=O) groups excluding carboxylic acids is 1. The lowest BCUT2D eigenvalue weighted by atomic mass is 10.2. The molecule has 22 heavy (non-hydrogen) atoms. The van der Waals surface area contributed by atoms with E-state index in [0.717, 1.165) is 5.56 Å². The summed E-state index contributed by atoms with van der Waals surface area (Å²) >= 11 is 6.30. The van der Waals surface area contributed by atoms with Crippen LogP contribution >= 0.6 is 24.0 Å². The van der Waals surface area contributed by atoms with Crippen LogP contribution in [0.5, 0.6) is 11.5 Å². The second-order valence-electron chi connectivity index (χ2n) is 4.59. The molecule has 2 aliphatic rings. The molecule has 0 aliphatic carbocycles.